The largest absolute Gasteiger partial charge is 0.489 e. The standard InChI is InChI=1S/C32H30N4O3/c1-36(2)28-18-16-24(17-19-28)21-30(34-31(37)27-13-7-4-8-14-27)32(38)35-33-22-26-12-9-15-29(20-26)39-23-25-10-5-3-6-11-25/h3-22H,23H2,1-2H3,(H,34,37)(H,35,38). The highest BCUT2D eigenvalue weighted by atomic mass is 16.5. The lowest BCUT2D eigenvalue weighted by Gasteiger charge is -2.12. The van der Waals surface area contributed by atoms with Crippen LogP contribution in [0.15, 0.2) is 120 Å². The monoisotopic (exact) mass is 518 g/mol. The topological polar surface area (TPSA) is 83.0 Å². The van der Waals surface area contributed by atoms with Crippen molar-refractivity contribution in [3.63, 3.8) is 0 Å². The van der Waals surface area contributed by atoms with Gasteiger partial charge >= 0.3 is 0 Å². The second kappa shape index (κ2) is 13.4. The van der Waals surface area contributed by atoms with Crippen molar-refractivity contribution in [2.24, 2.45) is 5.10 Å². The molecule has 196 valence electrons. The van der Waals surface area contributed by atoms with Crippen LogP contribution >= 0.6 is 0 Å². The summed E-state index contributed by atoms with van der Waals surface area (Å²) in [7, 11) is 3.90. The zero-order chi connectivity index (χ0) is 27.5. The van der Waals surface area contributed by atoms with Gasteiger partial charge in [-0.05, 0) is 59.2 Å². The molecular weight excluding hydrogens is 488 g/mol. The normalized spacial score (nSPS) is 11.2. The minimum Gasteiger partial charge on any atom is -0.489 e. The molecule has 4 aromatic carbocycles. The molecule has 0 unspecified atom stereocenters. The molecule has 0 aromatic heterocycles. The van der Waals surface area contributed by atoms with Gasteiger partial charge in [0.2, 0.25) is 0 Å². The molecule has 0 bridgehead atoms. The molecular formula is C32H30N4O3. The number of carbonyl (C=O) groups excluding carboxylic acids is 2. The molecule has 0 atom stereocenters. The minimum absolute atomic E-state index is 0.0681. The zero-order valence-corrected chi connectivity index (χ0v) is 21.9. The Labute approximate surface area is 228 Å². The molecule has 0 heterocycles. The third-order valence-electron chi connectivity index (χ3n) is 5.74. The predicted molar refractivity (Wildman–Crippen MR) is 156 cm³/mol. The van der Waals surface area contributed by atoms with E-state index in [1.807, 2.05) is 104 Å². The molecule has 0 saturated heterocycles. The quantitative estimate of drug-likeness (QED) is 0.171. The molecule has 39 heavy (non-hydrogen) atoms. The first-order valence-corrected chi connectivity index (χ1v) is 12.4. The minimum atomic E-state index is -0.552. The molecule has 0 aliphatic heterocycles. The van der Waals surface area contributed by atoms with Crippen LogP contribution in [0.2, 0.25) is 0 Å². The number of amides is 2. The van der Waals surface area contributed by atoms with Crippen molar-refractivity contribution in [2.45, 2.75) is 6.61 Å². The fourth-order valence-corrected chi connectivity index (χ4v) is 3.63. The van der Waals surface area contributed by atoms with Crippen molar-refractivity contribution in [1.82, 2.24) is 10.7 Å². The maximum atomic E-state index is 13.1. The van der Waals surface area contributed by atoms with Crippen LogP contribution in [0.25, 0.3) is 6.08 Å². The van der Waals surface area contributed by atoms with Crippen molar-refractivity contribution in [2.75, 3.05) is 19.0 Å². The summed E-state index contributed by atoms with van der Waals surface area (Å²) in [5, 5.41) is 6.82. The van der Waals surface area contributed by atoms with E-state index in [4.69, 9.17) is 4.74 Å². The number of hydrogen-bond acceptors (Lipinski definition) is 5. The summed E-state index contributed by atoms with van der Waals surface area (Å²) in [6, 6.07) is 33.6. The van der Waals surface area contributed by atoms with Crippen LogP contribution < -0.4 is 20.4 Å². The van der Waals surface area contributed by atoms with Gasteiger partial charge in [-0.1, -0.05) is 72.8 Å². The lowest BCUT2D eigenvalue weighted by Crippen LogP contribution is -2.32. The zero-order valence-electron chi connectivity index (χ0n) is 21.9. The maximum Gasteiger partial charge on any atom is 0.287 e. The van der Waals surface area contributed by atoms with E-state index in [0.29, 0.717) is 17.9 Å². The summed E-state index contributed by atoms with van der Waals surface area (Å²) in [6.45, 7) is 0.447. The molecule has 0 aliphatic rings. The number of carbonyl (C=O) groups is 2. The maximum absolute atomic E-state index is 13.1. The van der Waals surface area contributed by atoms with Gasteiger partial charge in [0, 0.05) is 25.3 Å². The Balaban J connectivity index is 1.46. The summed E-state index contributed by atoms with van der Waals surface area (Å²) in [5.74, 6) is -0.260. The number of nitrogens with zero attached hydrogens (tertiary/aromatic N) is 2. The van der Waals surface area contributed by atoms with E-state index >= 15 is 0 Å². The number of rotatable bonds is 10. The smallest absolute Gasteiger partial charge is 0.287 e. The Morgan fingerprint density at radius 3 is 2.21 bits per heavy atom. The van der Waals surface area contributed by atoms with Gasteiger partial charge in [-0.25, -0.2) is 5.43 Å². The van der Waals surface area contributed by atoms with E-state index in [-0.39, 0.29) is 5.70 Å². The summed E-state index contributed by atoms with van der Waals surface area (Å²) in [6.07, 6.45) is 3.14. The Morgan fingerprint density at radius 1 is 0.821 bits per heavy atom. The Morgan fingerprint density at radius 2 is 1.51 bits per heavy atom. The molecule has 7 heteroatoms. The molecule has 2 N–H and O–H groups in total. The van der Waals surface area contributed by atoms with E-state index in [1.165, 1.54) is 6.21 Å². The Bertz CT molecular complexity index is 1450. The van der Waals surface area contributed by atoms with Crippen LogP contribution in [0, 0.1) is 0 Å². The summed E-state index contributed by atoms with van der Waals surface area (Å²) >= 11 is 0. The summed E-state index contributed by atoms with van der Waals surface area (Å²) < 4.78 is 5.87. The van der Waals surface area contributed by atoms with Gasteiger partial charge in [0.25, 0.3) is 11.8 Å². The second-order valence-electron chi connectivity index (χ2n) is 8.91. The van der Waals surface area contributed by atoms with Crippen molar-refractivity contribution >= 4 is 29.8 Å². The summed E-state index contributed by atoms with van der Waals surface area (Å²) in [5.41, 5.74) is 6.61. The van der Waals surface area contributed by atoms with E-state index in [1.54, 1.807) is 30.3 Å². The fourth-order valence-electron chi connectivity index (χ4n) is 3.63. The summed E-state index contributed by atoms with van der Waals surface area (Å²) in [4.78, 5) is 27.8. The number of ether oxygens (including phenoxy) is 1. The molecule has 4 rings (SSSR count). The van der Waals surface area contributed by atoms with Crippen molar-refractivity contribution in [1.29, 1.82) is 0 Å². The number of benzene rings is 4. The van der Waals surface area contributed by atoms with Gasteiger partial charge in [-0.15, -0.1) is 0 Å². The second-order valence-corrected chi connectivity index (χ2v) is 8.91. The van der Waals surface area contributed by atoms with Crippen LogP contribution in [-0.2, 0) is 11.4 Å². The first-order valence-electron chi connectivity index (χ1n) is 12.4. The molecule has 0 fully saturated rings. The first kappa shape index (κ1) is 26.9. The van der Waals surface area contributed by atoms with Crippen LogP contribution in [-0.4, -0.2) is 32.1 Å². The molecule has 0 spiro atoms. The molecule has 0 radical (unpaired) electrons. The third kappa shape index (κ3) is 8.16. The van der Waals surface area contributed by atoms with E-state index in [0.717, 1.165) is 22.4 Å². The highest BCUT2D eigenvalue weighted by Gasteiger charge is 2.14. The van der Waals surface area contributed by atoms with Crippen molar-refractivity contribution in [3.05, 3.63) is 137 Å². The number of hydrazone groups is 1. The van der Waals surface area contributed by atoms with E-state index in [9.17, 15) is 9.59 Å². The number of hydrogen-bond donors (Lipinski definition) is 2. The van der Waals surface area contributed by atoms with Gasteiger partial charge < -0.3 is 15.0 Å². The highest BCUT2D eigenvalue weighted by Crippen LogP contribution is 2.16. The Hall–Kier alpha value is -5.17. The van der Waals surface area contributed by atoms with Crippen LogP contribution in [0.5, 0.6) is 5.75 Å². The van der Waals surface area contributed by atoms with Gasteiger partial charge in [-0.2, -0.15) is 5.10 Å². The van der Waals surface area contributed by atoms with Crippen LogP contribution in [0.4, 0.5) is 5.69 Å². The first-order chi connectivity index (χ1) is 19.0. The average molecular weight is 519 g/mol. The SMILES string of the molecule is CN(C)c1ccc(C=C(NC(=O)c2ccccc2)C(=O)NN=Cc2cccc(OCc3ccccc3)c2)cc1. The molecule has 7 nitrogen and oxygen atoms in total. The molecule has 4 aromatic rings. The predicted octanol–water partition coefficient (Wildman–Crippen LogP) is 5.25. The van der Waals surface area contributed by atoms with Crippen molar-refractivity contribution < 1.29 is 14.3 Å². The van der Waals surface area contributed by atoms with Gasteiger partial charge in [-0.3, -0.25) is 9.59 Å². The molecule has 0 saturated carbocycles. The van der Waals surface area contributed by atoms with Crippen molar-refractivity contribution in [3.8, 4) is 5.75 Å². The van der Waals surface area contributed by atoms with Gasteiger partial charge in [0.1, 0.15) is 18.1 Å². The third-order valence-corrected chi connectivity index (χ3v) is 5.74. The molecule has 0 aliphatic carbocycles. The fraction of sp³-hybridized carbons (Fsp3) is 0.0938. The Kier molecular flexibility index (Phi) is 9.23. The van der Waals surface area contributed by atoms with Gasteiger partial charge in [0.05, 0.1) is 6.21 Å². The average Bonchev–Trinajstić information content (AvgIpc) is 2.97. The number of anilines is 1. The van der Waals surface area contributed by atoms with E-state index < -0.39 is 11.8 Å². The number of nitrogens with one attached hydrogen (secondary N) is 2. The lowest BCUT2D eigenvalue weighted by molar-refractivity contribution is -0.117. The van der Waals surface area contributed by atoms with Gasteiger partial charge in [0.15, 0.2) is 0 Å². The van der Waals surface area contributed by atoms with Crippen LogP contribution in [0.3, 0.4) is 0 Å². The lowest BCUT2D eigenvalue weighted by atomic mass is 10.1. The highest BCUT2D eigenvalue weighted by molar-refractivity contribution is 6.05. The van der Waals surface area contributed by atoms with E-state index in [2.05, 4.69) is 15.8 Å². The van der Waals surface area contributed by atoms with Crippen LogP contribution in [0.1, 0.15) is 27.0 Å². The molecule has 2 amide bonds.